The molecule has 3 nitrogen and oxygen atoms in total. The largest absolute Gasteiger partial charge is 0.352 e. The Labute approximate surface area is 119 Å². The molecule has 1 amide bonds. The average molecular weight is 344 g/mol. The van der Waals surface area contributed by atoms with Gasteiger partial charge in [0.25, 0.3) is 5.91 Å². The Morgan fingerprint density at radius 2 is 1.94 bits per heavy atom. The number of rotatable bonds is 4. The van der Waals surface area contributed by atoms with E-state index in [4.69, 9.17) is 5.73 Å². The van der Waals surface area contributed by atoms with Gasteiger partial charge in [-0.3, -0.25) is 4.79 Å². The molecule has 0 aliphatic heterocycles. The van der Waals surface area contributed by atoms with Crippen molar-refractivity contribution in [1.82, 2.24) is 5.32 Å². The number of carbonyl (C=O) groups is 1. The van der Waals surface area contributed by atoms with E-state index < -0.39 is 23.1 Å². The zero-order chi connectivity index (χ0) is 13.0. The molecule has 0 saturated carbocycles. The van der Waals surface area contributed by atoms with E-state index in [0.29, 0.717) is 6.42 Å². The summed E-state index contributed by atoms with van der Waals surface area (Å²) < 4.78 is 27.0. The summed E-state index contributed by atoms with van der Waals surface area (Å²) in [6.07, 6.45) is 0.547. The third kappa shape index (κ3) is 4.88. The number of nitrogens with one attached hydrogen (secondary N) is 1. The van der Waals surface area contributed by atoms with Crippen LogP contribution in [0.2, 0.25) is 0 Å². The summed E-state index contributed by atoms with van der Waals surface area (Å²) in [5.74, 6) is -2.56. The van der Waals surface area contributed by atoms with E-state index in [9.17, 15) is 13.6 Å². The molecule has 0 aromatic heterocycles. The van der Waals surface area contributed by atoms with E-state index in [0.717, 1.165) is 12.1 Å². The fourth-order valence-electron chi connectivity index (χ4n) is 1.26. The minimum absolute atomic E-state index is 0. The van der Waals surface area contributed by atoms with Crippen LogP contribution < -0.4 is 11.1 Å². The van der Waals surface area contributed by atoms with Gasteiger partial charge in [-0.1, -0.05) is 15.9 Å². The lowest BCUT2D eigenvalue weighted by atomic mass is 10.1. The molecule has 0 fully saturated rings. The van der Waals surface area contributed by atoms with Gasteiger partial charge in [-0.25, -0.2) is 8.78 Å². The van der Waals surface area contributed by atoms with Gasteiger partial charge in [0.05, 0.1) is 0 Å². The van der Waals surface area contributed by atoms with Crippen molar-refractivity contribution in [3.05, 3.63) is 33.8 Å². The van der Waals surface area contributed by atoms with Crippen LogP contribution in [0.5, 0.6) is 0 Å². The molecule has 102 valence electrons. The Morgan fingerprint density at radius 3 is 2.39 bits per heavy atom. The Balaban J connectivity index is 0.00000289. The standard InChI is InChI=1S/C11H13BrF2N2O.ClH/c1-6(15)2-3-16-11(17)10-8(13)4-7(12)5-9(10)14;/h4-6H,2-3,15H2,1H3,(H,16,17);1H. The maximum absolute atomic E-state index is 13.4. The molecular formula is C11H14BrClF2N2O. The molecule has 1 unspecified atom stereocenters. The summed E-state index contributed by atoms with van der Waals surface area (Å²) in [7, 11) is 0. The number of carbonyl (C=O) groups excluding carboxylic acids is 1. The van der Waals surface area contributed by atoms with Gasteiger partial charge in [0.2, 0.25) is 0 Å². The molecule has 1 rings (SSSR count). The smallest absolute Gasteiger partial charge is 0.257 e. The first-order valence-corrected chi connectivity index (χ1v) is 5.89. The predicted octanol–water partition coefficient (Wildman–Crippen LogP) is 2.62. The lowest BCUT2D eigenvalue weighted by molar-refractivity contribution is 0.0944. The maximum atomic E-state index is 13.4. The monoisotopic (exact) mass is 342 g/mol. The van der Waals surface area contributed by atoms with Gasteiger partial charge in [-0.2, -0.15) is 0 Å². The van der Waals surface area contributed by atoms with E-state index in [2.05, 4.69) is 21.2 Å². The predicted molar refractivity (Wildman–Crippen MR) is 71.9 cm³/mol. The molecule has 0 aliphatic rings. The van der Waals surface area contributed by atoms with Crippen LogP contribution in [0.15, 0.2) is 16.6 Å². The van der Waals surface area contributed by atoms with Gasteiger partial charge in [-0.15, -0.1) is 12.4 Å². The van der Waals surface area contributed by atoms with E-state index in [1.807, 2.05) is 0 Å². The number of amides is 1. The van der Waals surface area contributed by atoms with Crippen LogP contribution >= 0.6 is 28.3 Å². The van der Waals surface area contributed by atoms with Crippen molar-refractivity contribution in [3.63, 3.8) is 0 Å². The topological polar surface area (TPSA) is 55.1 Å². The minimum Gasteiger partial charge on any atom is -0.352 e. The van der Waals surface area contributed by atoms with Crippen LogP contribution in [0.1, 0.15) is 23.7 Å². The molecule has 7 heteroatoms. The highest BCUT2D eigenvalue weighted by atomic mass is 79.9. The van der Waals surface area contributed by atoms with Crippen molar-refractivity contribution in [2.45, 2.75) is 19.4 Å². The quantitative estimate of drug-likeness (QED) is 0.883. The molecule has 0 bridgehead atoms. The second kappa shape index (κ2) is 7.66. The van der Waals surface area contributed by atoms with Crippen molar-refractivity contribution >= 4 is 34.2 Å². The highest BCUT2D eigenvalue weighted by molar-refractivity contribution is 9.10. The van der Waals surface area contributed by atoms with E-state index in [1.54, 1.807) is 6.92 Å². The van der Waals surface area contributed by atoms with Crippen LogP contribution in [-0.4, -0.2) is 18.5 Å². The van der Waals surface area contributed by atoms with Crippen LogP contribution in [-0.2, 0) is 0 Å². The lowest BCUT2D eigenvalue weighted by Crippen LogP contribution is -2.30. The van der Waals surface area contributed by atoms with E-state index >= 15 is 0 Å². The van der Waals surface area contributed by atoms with Gasteiger partial charge in [-0.05, 0) is 25.5 Å². The average Bonchev–Trinajstić information content (AvgIpc) is 2.14. The summed E-state index contributed by atoms with van der Waals surface area (Å²) in [4.78, 5) is 11.5. The van der Waals surface area contributed by atoms with Crippen molar-refractivity contribution < 1.29 is 13.6 Å². The molecule has 0 radical (unpaired) electrons. The second-order valence-electron chi connectivity index (χ2n) is 3.77. The van der Waals surface area contributed by atoms with Crippen molar-refractivity contribution in [3.8, 4) is 0 Å². The number of halogens is 4. The second-order valence-corrected chi connectivity index (χ2v) is 4.68. The van der Waals surface area contributed by atoms with Gasteiger partial charge < -0.3 is 11.1 Å². The summed E-state index contributed by atoms with van der Waals surface area (Å²) in [6, 6.07) is 2.02. The highest BCUT2D eigenvalue weighted by Crippen LogP contribution is 2.19. The first-order chi connectivity index (χ1) is 7.91. The Bertz CT molecular complexity index is 406. The van der Waals surface area contributed by atoms with E-state index in [1.165, 1.54) is 0 Å². The molecule has 1 aromatic rings. The Morgan fingerprint density at radius 1 is 1.44 bits per heavy atom. The molecule has 1 aromatic carbocycles. The van der Waals surface area contributed by atoms with Crippen molar-refractivity contribution in [2.24, 2.45) is 5.73 Å². The molecule has 0 heterocycles. The van der Waals surface area contributed by atoms with Crippen molar-refractivity contribution in [2.75, 3.05) is 6.54 Å². The number of nitrogens with two attached hydrogens (primary N) is 1. The maximum Gasteiger partial charge on any atom is 0.257 e. The molecule has 3 N–H and O–H groups in total. The first-order valence-electron chi connectivity index (χ1n) is 5.10. The summed E-state index contributed by atoms with van der Waals surface area (Å²) in [5, 5.41) is 2.42. The zero-order valence-corrected chi connectivity index (χ0v) is 12.1. The molecule has 0 spiro atoms. The SMILES string of the molecule is CC(N)CCNC(=O)c1c(F)cc(Br)cc1F.Cl. The van der Waals surface area contributed by atoms with Crippen molar-refractivity contribution in [1.29, 1.82) is 0 Å². The van der Waals surface area contributed by atoms with Gasteiger partial charge in [0, 0.05) is 17.1 Å². The molecule has 0 aliphatic carbocycles. The van der Waals surface area contributed by atoms with Crippen LogP contribution in [0, 0.1) is 11.6 Å². The molecule has 0 saturated heterocycles. The lowest BCUT2D eigenvalue weighted by Gasteiger charge is -2.09. The Hall–Kier alpha value is -0.720. The summed E-state index contributed by atoms with van der Waals surface area (Å²) in [5.41, 5.74) is 4.92. The van der Waals surface area contributed by atoms with Crippen LogP contribution in [0.4, 0.5) is 8.78 Å². The fourth-order valence-corrected chi connectivity index (χ4v) is 1.66. The van der Waals surface area contributed by atoms with Gasteiger partial charge >= 0.3 is 0 Å². The number of hydrogen-bond acceptors (Lipinski definition) is 2. The van der Waals surface area contributed by atoms with Crippen LogP contribution in [0.3, 0.4) is 0 Å². The van der Waals surface area contributed by atoms with Gasteiger partial charge in [0.1, 0.15) is 17.2 Å². The normalized spacial score (nSPS) is 11.6. The van der Waals surface area contributed by atoms with E-state index in [-0.39, 0.29) is 29.5 Å². The zero-order valence-electron chi connectivity index (χ0n) is 9.67. The van der Waals surface area contributed by atoms with Crippen LogP contribution in [0.25, 0.3) is 0 Å². The van der Waals surface area contributed by atoms with Gasteiger partial charge in [0.15, 0.2) is 0 Å². The number of hydrogen-bond donors (Lipinski definition) is 2. The molecular weight excluding hydrogens is 329 g/mol. The Kier molecular flexibility index (Phi) is 7.35. The number of benzene rings is 1. The third-order valence-electron chi connectivity index (χ3n) is 2.12. The first kappa shape index (κ1) is 17.3. The fraction of sp³-hybridized carbons (Fsp3) is 0.364. The highest BCUT2D eigenvalue weighted by Gasteiger charge is 2.17. The molecule has 18 heavy (non-hydrogen) atoms. The summed E-state index contributed by atoms with van der Waals surface area (Å²) in [6.45, 7) is 2.07. The molecule has 1 atom stereocenters. The third-order valence-corrected chi connectivity index (χ3v) is 2.58. The minimum atomic E-state index is -0.893. The summed E-state index contributed by atoms with van der Waals surface area (Å²) >= 11 is 2.94.